The molecule has 266 valence electrons. The monoisotopic (exact) mass is 746 g/mol. The summed E-state index contributed by atoms with van der Waals surface area (Å²) in [4.78, 5) is 15.1. The summed E-state index contributed by atoms with van der Waals surface area (Å²) < 4.78 is 11.1. The van der Waals surface area contributed by atoms with Crippen molar-refractivity contribution in [3.05, 3.63) is 182 Å². The first-order valence-corrected chi connectivity index (χ1v) is 19.8. The molecule has 12 rings (SSSR count). The van der Waals surface area contributed by atoms with Crippen LogP contribution in [0, 0.1) is 0 Å². The van der Waals surface area contributed by atoms with E-state index in [1.165, 1.54) is 53.1 Å². The lowest BCUT2D eigenvalue weighted by Crippen LogP contribution is -2.00. The van der Waals surface area contributed by atoms with E-state index in [9.17, 15) is 0 Å². The molecule has 0 radical (unpaired) electrons. The fraction of sp³-hybridized carbons (Fsp3) is 0. The van der Waals surface area contributed by atoms with Crippen molar-refractivity contribution in [1.82, 2.24) is 19.5 Å². The van der Waals surface area contributed by atoms with Crippen LogP contribution >= 0.6 is 11.3 Å². The van der Waals surface area contributed by atoms with Crippen molar-refractivity contribution in [3.8, 4) is 51.0 Å². The fourth-order valence-electron chi connectivity index (χ4n) is 8.32. The molecule has 4 heterocycles. The van der Waals surface area contributed by atoms with Crippen LogP contribution in [-0.2, 0) is 0 Å². The van der Waals surface area contributed by atoms with Crippen LogP contribution in [0.5, 0.6) is 0 Å². The standard InChI is InChI=1S/C51H30N4OS/c1-3-11-31(12-4-1)49-52-50(54-51(53-49)35-21-24-40-39-16-8-10-18-45(39)56-46(40)29-35)34-22-26-47-42(27-34)41-25-20-33(30-48(41)57-47)32-19-23-38-37-15-7-9-17-43(37)55(44(38)28-32)36-13-5-2-6-14-36/h1-30H. The van der Waals surface area contributed by atoms with Crippen LogP contribution in [0.15, 0.2) is 186 Å². The molecule has 4 aromatic heterocycles. The third-order valence-electron chi connectivity index (χ3n) is 11.1. The molecule has 0 aliphatic rings. The lowest BCUT2D eigenvalue weighted by Gasteiger charge is -2.09. The Labute approximate surface area is 330 Å². The van der Waals surface area contributed by atoms with Gasteiger partial charge in [-0.05, 0) is 77.9 Å². The van der Waals surface area contributed by atoms with E-state index in [0.29, 0.717) is 17.5 Å². The van der Waals surface area contributed by atoms with Crippen molar-refractivity contribution < 1.29 is 4.42 Å². The van der Waals surface area contributed by atoms with Gasteiger partial charge in [-0.3, -0.25) is 0 Å². The smallest absolute Gasteiger partial charge is 0.164 e. The second-order valence-electron chi connectivity index (χ2n) is 14.4. The van der Waals surface area contributed by atoms with E-state index < -0.39 is 0 Å². The van der Waals surface area contributed by atoms with Gasteiger partial charge in [0.2, 0.25) is 0 Å². The van der Waals surface area contributed by atoms with Crippen LogP contribution in [0.2, 0.25) is 0 Å². The highest BCUT2D eigenvalue weighted by atomic mass is 32.1. The minimum atomic E-state index is 0.601. The highest BCUT2D eigenvalue weighted by molar-refractivity contribution is 7.25. The Bertz CT molecular complexity index is 3530. The molecule has 0 aliphatic carbocycles. The lowest BCUT2D eigenvalue weighted by molar-refractivity contribution is 0.669. The number of thiophene rings is 1. The maximum Gasteiger partial charge on any atom is 0.164 e. The molecule has 57 heavy (non-hydrogen) atoms. The average molecular weight is 747 g/mol. The number of rotatable bonds is 5. The molecule has 0 fully saturated rings. The topological polar surface area (TPSA) is 56.7 Å². The maximum absolute atomic E-state index is 6.24. The molecular formula is C51H30N4OS. The van der Waals surface area contributed by atoms with Gasteiger partial charge in [-0.15, -0.1) is 11.3 Å². The van der Waals surface area contributed by atoms with E-state index in [4.69, 9.17) is 19.4 Å². The largest absolute Gasteiger partial charge is 0.456 e. The molecule has 0 bridgehead atoms. The maximum atomic E-state index is 6.24. The number of benzene rings is 8. The number of hydrogen-bond acceptors (Lipinski definition) is 5. The molecule has 0 unspecified atom stereocenters. The van der Waals surface area contributed by atoms with E-state index in [2.05, 4.69) is 132 Å². The van der Waals surface area contributed by atoms with Gasteiger partial charge in [0.1, 0.15) is 11.2 Å². The van der Waals surface area contributed by atoms with Crippen LogP contribution in [0.1, 0.15) is 0 Å². The van der Waals surface area contributed by atoms with Gasteiger partial charge in [-0.25, -0.2) is 15.0 Å². The van der Waals surface area contributed by atoms with Gasteiger partial charge in [-0.2, -0.15) is 0 Å². The van der Waals surface area contributed by atoms with Gasteiger partial charge in [0.05, 0.1) is 11.0 Å². The molecule has 6 heteroatoms. The van der Waals surface area contributed by atoms with Gasteiger partial charge in [0.15, 0.2) is 17.5 Å². The van der Waals surface area contributed by atoms with Crippen LogP contribution in [0.4, 0.5) is 0 Å². The second kappa shape index (κ2) is 12.6. The van der Waals surface area contributed by atoms with Crippen LogP contribution < -0.4 is 0 Å². The quantitative estimate of drug-likeness (QED) is 0.176. The van der Waals surface area contributed by atoms with Gasteiger partial charge in [0.25, 0.3) is 0 Å². The summed E-state index contributed by atoms with van der Waals surface area (Å²) >= 11 is 1.82. The van der Waals surface area contributed by atoms with E-state index in [0.717, 1.165) is 44.3 Å². The predicted octanol–water partition coefficient (Wildman–Crippen LogP) is 13.9. The van der Waals surface area contributed by atoms with Crippen molar-refractivity contribution in [3.63, 3.8) is 0 Å². The average Bonchev–Trinajstić information content (AvgIpc) is 3.95. The summed E-state index contributed by atoms with van der Waals surface area (Å²) in [6, 6.07) is 64.0. The summed E-state index contributed by atoms with van der Waals surface area (Å²) in [7, 11) is 0. The van der Waals surface area contributed by atoms with Gasteiger partial charge < -0.3 is 8.98 Å². The Morgan fingerprint density at radius 1 is 0.351 bits per heavy atom. The van der Waals surface area contributed by atoms with Crippen molar-refractivity contribution in [2.24, 2.45) is 0 Å². The number of furan rings is 1. The summed E-state index contributed by atoms with van der Waals surface area (Å²) in [5, 5.41) is 7.07. The molecule has 0 saturated heterocycles. The van der Waals surface area contributed by atoms with Crippen LogP contribution in [0.3, 0.4) is 0 Å². The first-order chi connectivity index (χ1) is 28.2. The third kappa shape index (κ3) is 5.19. The van der Waals surface area contributed by atoms with Crippen molar-refractivity contribution >= 4 is 75.3 Å². The summed E-state index contributed by atoms with van der Waals surface area (Å²) in [5.41, 5.74) is 10.4. The molecular weight excluding hydrogens is 717 g/mol. The van der Waals surface area contributed by atoms with Gasteiger partial charge in [-0.1, -0.05) is 115 Å². The van der Waals surface area contributed by atoms with E-state index >= 15 is 0 Å². The zero-order valence-corrected chi connectivity index (χ0v) is 31.2. The first-order valence-electron chi connectivity index (χ1n) is 19.0. The Morgan fingerprint density at radius 3 is 1.75 bits per heavy atom. The number of nitrogens with zero attached hydrogens (tertiary/aromatic N) is 4. The molecule has 0 N–H and O–H groups in total. The normalized spacial score (nSPS) is 11.9. The Morgan fingerprint density at radius 2 is 0.930 bits per heavy atom. The Kier molecular flexibility index (Phi) is 7.03. The Balaban J connectivity index is 0.967. The summed E-state index contributed by atoms with van der Waals surface area (Å²) in [6.07, 6.45) is 0. The molecule has 5 nitrogen and oxygen atoms in total. The first kappa shape index (κ1) is 31.9. The minimum absolute atomic E-state index is 0.601. The van der Waals surface area contributed by atoms with Gasteiger partial charge in [0, 0.05) is 64.1 Å². The van der Waals surface area contributed by atoms with E-state index in [-0.39, 0.29) is 0 Å². The SMILES string of the molecule is c1ccc(-c2nc(-c3ccc4c(c3)oc3ccccc34)nc(-c3ccc4sc5cc(-c6ccc7c8ccccc8n(-c8ccccc8)c7c6)ccc5c4c3)n2)cc1. The van der Waals surface area contributed by atoms with Crippen LogP contribution in [0.25, 0.3) is 115 Å². The molecule has 0 amide bonds. The molecule has 0 saturated carbocycles. The number of fused-ring (bicyclic) bond motifs is 9. The highest BCUT2D eigenvalue weighted by Crippen LogP contribution is 2.40. The van der Waals surface area contributed by atoms with Crippen molar-refractivity contribution in [2.75, 3.05) is 0 Å². The van der Waals surface area contributed by atoms with Crippen molar-refractivity contribution in [1.29, 1.82) is 0 Å². The highest BCUT2D eigenvalue weighted by Gasteiger charge is 2.17. The zero-order chi connectivity index (χ0) is 37.5. The molecule has 12 aromatic rings. The second-order valence-corrected chi connectivity index (χ2v) is 15.5. The van der Waals surface area contributed by atoms with E-state index in [1.807, 2.05) is 65.9 Å². The number of hydrogen-bond donors (Lipinski definition) is 0. The van der Waals surface area contributed by atoms with E-state index in [1.54, 1.807) is 0 Å². The molecule has 0 aliphatic heterocycles. The van der Waals surface area contributed by atoms with Gasteiger partial charge >= 0.3 is 0 Å². The minimum Gasteiger partial charge on any atom is -0.456 e. The predicted molar refractivity (Wildman–Crippen MR) is 236 cm³/mol. The molecule has 8 aromatic carbocycles. The van der Waals surface area contributed by atoms with Crippen molar-refractivity contribution in [2.45, 2.75) is 0 Å². The number of aromatic nitrogens is 4. The molecule has 0 atom stereocenters. The fourth-order valence-corrected chi connectivity index (χ4v) is 9.44. The zero-order valence-electron chi connectivity index (χ0n) is 30.4. The third-order valence-corrected chi connectivity index (χ3v) is 12.2. The summed E-state index contributed by atoms with van der Waals surface area (Å²) in [5.74, 6) is 1.86. The number of para-hydroxylation sites is 3. The summed E-state index contributed by atoms with van der Waals surface area (Å²) in [6.45, 7) is 0. The lowest BCUT2D eigenvalue weighted by atomic mass is 10.0. The van der Waals surface area contributed by atoms with Crippen LogP contribution in [-0.4, -0.2) is 19.5 Å². The Hall–Kier alpha value is -7.41. The molecule has 0 spiro atoms.